The standard InChI is InChI=1S/C11H20N2O/c1-2-13(10-5-3-4-6-10)11(14)9-7-12-8-9/h9-10,12H,2-8H2,1H3. The van der Waals surface area contributed by atoms with Gasteiger partial charge in [0, 0.05) is 25.7 Å². The topological polar surface area (TPSA) is 32.3 Å². The Morgan fingerprint density at radius 3 is 2.43 bits per heavy atom. The summed E-state index contributed by atoms with van der Waals surface area (Å²) in [6, 6.07) is 0.549. The second-order valence-electron chi connectivity index (χ2n) is 4.42. The fourth-order valence-electron chi connectivity index (χ4n) is 2.51. The van der Waals surface area contributed by atoms with Crippen LogP contribution in [0.4, 0.5) is 0 Å². The van der Waals surface area contributed by atoms with E-state index in [-0.39, 0.29) is 5.92 Å². The van der Waals surface area contributed by atoms with Gasteiger partial charge in [0.25, 0.3) is 0 Å². The third kappa shape index (κ3) is 1.78. The number of carbonyl (C=O) groups excluding carboxylic acids is 1. The zero-order valence-electron chi connectivity index (χ0n) is 8.96. The SMILES string of the molecule is CCN(C(=O)C1CNC1)C1CCCC1. The molecule has 14 heavy (non-hydrogen) atoms. The molecule has 0 bridgehead atoms. The second kappa shape index (κ2) is 4.30. The number of nitrogens with zero attached hydrogens (tertiary/aromatic N) is 1. The Hall–Kier alpha value is -0.570. The van der Waals surface area contributed by atoms with Crippen LogP contribution in [0.15, 0.2) is 0 Å². The lowest BCUT2D eigenvalue weighted by molar-refractivity contribution is -0.139. The normalized spacial score (nSPS) is 23.5. The number of hydrogen-bond donors (Lipinski definition) is 1. The van der Waals surface area contributed by atoms with Gasteiger partial charge in [-0.1, -0.05) is 12.8 Å². The summed E-state index contributed by atoms with van der Waals surface area (Å²) in [5.74, 6) is 0.661. The molecule has 0 aromatic carbocycles. The Balaban J connectivity index is 1.93. The molecule has 0 aromatic rings. The van der Waals surface area contributed by atoms with Crippen molar-refractivity contribution in [3.63, 3.8) is 0 Å². The number of rotatable bonds is 3. The van der Waals surface area contributed by atoms with Gasteiger partial charge in [0.15, 0.2) is 0 Å². The molecule has 80 valence electrons. The van der Waals surface area contributed by atoms with Crippen LogP contribution in [0.1, 0.15) is 32.6 Å². The van der Waals surface area contributed by atoms with Gasteiger partial charge >= 0.3 is 0 Å². The van der Waals surface area contributed by atoms with Crippen molar-refractivity contribution >= 4 is 5.91 Å². The molecule has 1 N–H and O–H groups in total. The van der Waals surface area contributed by atoms with Crippen LogP contribution < -0.4 is 5.32 Å². The molecule has 0 radical (unpaired) electrons. The molecule has 1 saturated carbocycles. The molecule has 1 saturated heterocycles. The minimum absolute atomic E-state index is 0.274. The molecule has 1 amide bonds. The third-order valence-electron chi connectivity index (χ3n) is 3.52. The molecular formula is C11H20N2O. The van der Waals surface area contributed by atoms with Gasteiger partial charge in [0.2, 0.25) is 5.91 Å². The molecular weight excluding hydrogens is 176 g/mol. The fourth-order valence-corrected chi connectivity index (χ4v) is 2.51. The van der Waals surface area contributed by atoms with E-state index in [0.29, 0.717) is 11.9 Å². The van der Waals surface area contributed by atoms with Crippen molar-refractivity contribution in [3.8, 4) is 0 Å². The summed E-state index contributed by atoms with van der Waals surface area (Å²) in [4.78, 5) is 14.1. The first kappa shape index (κ1) is 9.97. The van der Waals surface area contributed by atoms with E-state index in [4.69, 9.17) is 0 Å². The monoisotopic (exact) mass is 196 g/mol. The van der Waals surface area contributed by atoms with Crippen molar-refractivity contribution in [3.05, 3.63) is 0 Å². The van der Waals surface area contributed by atoms with Gasteiger partial charge < -0.3 is 10.2 Å². The highest BCUT2D eigenvalue weighted by molar-refractivity contribution is 5.80. The zero-order chi connectivity index (χ0) is 9.97. The molecule has 2 rings (SSSR count). The summed E-state index contributed by atoms with van der Waals surface area (Å²) in [7, 11) is 0. The predicted molar refractivity (Wildman–Crippen MR) is 56.0 cm³/mol. The van der Waals surface area contributed by atoms with E-state index < -0.39 is 0 Å². The van der Waals surface area contributed by atoms with E-state index >= 15 is 0 Å². The van der Waals surface area contributed by atoms with Crippen molar-refractivity contribution in [2.45, 2.75) is 38.6 Å². The van der Waals surface area contributed by atoms with Crippen molar-refractivity contribution in [1.82, 2.24) is 10.2 Å². The summed E-state index contributed by atoms with van der Waals surface area (Å²) in [5, 5.41) is 3.16. The highest BCUT2D eigenvalue weighted by atomic mass is 16.2. The molecule has 3 heteroatoms. The Bertz CT molecular complexity index is 207. The number of carbonyl (C=O) groups is 1. The maximum atomic E-state index is 12.0. The van der Waals surface area contributed by atoms with Gasteiger partial charge in [-0.25, -0.2) is 0 Å². The lowest BCUT2D eigenvalue weighted by Gasteiger charge is -2.35. The maximum Gasteiger partial charge on any atom is 0.228 e. The minimum atomic E-state index is 0.274. The quantitative estimate of drug-likeness (QED) is 0.730. The van der Waals surface area contributed by atoms with Gasteiger partial charge in [-0.3, -0.25) is 4.79 Å². The van der Waals surface area contributed by atoms with Gasteiger partial charge in [0.1, 0.15) is 0 Å². The van der Waals surface area contributed by atoms with E-state index in [1.807, 2.05) is 0 Å². The Morgan fingerprint density at radius 1 is 1.36 bits per heavy atom. The Kier molecular flexibility index (Phi) is 3.06. The van der Waals surface area contributed by atoms with Gasteiger partial charge in [-0.2, -0.15) is 0 Å². The molecule has 0 spiro atoms. The van der Waals surface area contributed by atoms with Crippen molar-refractivity contribution in [1.29, 1.82) is 0 Å². The second-order valence-corrected chi connectivity index (χ2v) is 4.42. The average Bonchev–Trinajstić information content (AvgIpc) is 2.55. The van der Waals surface area contributed by atoms with Crippen LogP contribution in [-0.4, -0.2) is 36.5 Å². The van der Waals surface area contributed by atoms with E-state index in [1.54, 1.807) is 0 Å². The lowest BCUT2D eigenvalue weighted by atomic mass is 10.0. The van der Waals surface area contributed by atoms with E-state index in [0.717, 1.165) is 19.6 Å². The molecule has 2 fully saturated rings. The Morgan fingerprint density at radius 2 is 2.00 bits per heavy atom. The maximum absolute atomic E-state index is 12.0. The molecule has 0 aromatic heterocycles. The molecule has 2 aliphatic rings. The minimum Gasteiger partial charge on any atom is -0.340 e. The van der Waals surface area contributed by atoms with E-state index in [1.165, 1.54) is 25.7 Å². The molecule has 0 atom stereocenters. The summed E-state index contributed by atoms with van der Waals surface area (Å²) in [5.41, 5.74) is 0. The van der Waals surface area contributed by atoms with Crippen molar-refractivity contribution in [2.75, 3.05) is 19.6 Å². The van der Waals surface area contributed by atoms with Crippen molar-refractivity contribution in [2.24, 2.45) is 5.92 Å². The van der Waals surface area contributed by atoms with Gasteiger partial charge in [-0.15, -0.1) is 0 Å². The molecule has 0 unspecified atom stereocenters. The fraction of sp³-hybridized carbons (Fsp3) is 0.909. The third-order valence-corrected chi connectivity index (χ3v) is 3.52. The van der Waals surface area contributed by atoms with Crippen LogP contribution in [0.5, 0.6) is 0 Å². The summed E-state index contributed by atoms with van der Waals surface area (Å²) < 4.78 is 0. The molecule has 3 nitrogen and oxygen atoms in total. The van der Waals surface area contributed by atoms with E-state index in [2.05, 4.69) is 17.1 Å². The first-order valence-electron chi connectivity index (χ1n) is 5.84. The summed E-state index contributed by atoms with van der Waals surface area (Å²) >= 11 is 0. The van der Waals surface area contributed by atoms with Crippen LogP contribution >= 0.6 is 0 Å². The van der Waals surface area contributed by atoms with Gasteiger partial charge in [0.05, 0.1) is 5.92 Å². The first-order chi connectivity index (χ1) is 6.83. The van der Waals surface area contributed by atoms with Crippen LogP contribution in [0.3, 0.4) is 0 Å². The first-order valence-corrected chi connectivity index (χ1v) is 5.84. The number of nitrogens with one attached hydrogen (secondary N) is 1. The zero-order valence-corrected chi connectivity index (χ0v) is 8.96. The van der Waals surface area contributed by atoms with Crippen LogP contribution in [0, 0.1) is 5.92 Å². The van der Waals surface area contributed by atoms with Crippen LogP contribution in [0.2, 0.25) is 0 Å². The smallest absolute Gasteiger partial charge is 0.228 e. The number of amides is 1. The van der Waals surface area contributed by atoms with E-state index in [9.17, 15) is 4.79 Å². The highest BCUT2D eigenvalue weighted by Gasteiger charge is 2.32. The molecule has 1 aliphatic heterocycles. The summed E-state index contributed by atoms with van der Waals surface area (Å²) in [6.07, 6.45) is 5.05. The van der Waals surface area contributed by atoms with Crippen molar-refractivity contribution < 1.29 is 4.79 Å². The Labute approximate surface area is 85.8 Å². The van der Waals surface area contributed by atoms with Crippen LogP contribution in [-0.2, 0) is 4.79 Å². The molecule has 1 heterocycles. The number of hydrogen-bond acceptors (Lipinski definition) is 2. The summed E-state index contributed by atoms with van der Waals surface area (Å²) in [6.45, 7) is 4.77. The lowest BCUT2D eigenvalue weighted by Crippen LogP contribution is -2.53. The van der Waals surface area contributed by atoms with Crippen LogP contribution in [0.25, 0.3) is 0 Å². The highest BCUT2D eigenvalue weighted by Crippen LogP contribution is 2.25. The largest absolute Gasteiger partial charge is 0.340 e. The predicted octanol–water partition coefficient (Wildman–Crippen LogP) is 0.997. The molecule has 1 aliphatic carbocycles. The van der Waals surface area contributed by atoms with Gasteiger partial charge in [-0.05, 0) is 19.8 Å². The average molecular weight is 196 g/mol.